The minimum Gasteiger partial charge on any atom is -0.492 e. The van der Waals surface area contributed by atoms with Crippen molar-refractivity contribution in [1.29, 1.82) is 0 Å². The van der Waals surface area contributed by atoms with Gasteiger partial charge in [-0.25, -0.2) is 4.98 Å². The van der Waals surface area contributed by atoms with E-state index in [-0.39, 0.29) is 17.8 Å². The lowest BCUT2D eigenvalue weighted by Crippen LogP contribution is -2.65. The molecule has 0 spiro atoms. The summed E-state index contributed by atoms with van der Waals surface area (Å²) >= 11 is 6.07. The maximum absolute atomic E-state index is 14.0. The Kier molecular flexibility index (Phi) is 9.59. The Hall–Kier alpha value is -2.64. The van der Waals surface area contributed by atoms with Crippen LogP contribution in [0.5, 0.6) is 5.75 Å². The number of rotatable bonds is 12. The lowest BCUT2D eigenvalue weighted by Gasteiger charge is -2.50. The average Bonchev–Trinajstić information content (AvgIpc) is 2.82. The molecular formula is C29H40ClN3O4. The standard InChI is InChI=1S/C29H40ClN3O4/c1-7-36-24-16-25(30)31-17-23(24)32-26(34)29(22-13-10-9-12-21(22)20(3)4)18-33(19-29)15-11-14-28(5,6)27(35)37-8-2/h9-10,12-13,16-17,20H,7-8,11,14-15,18-19H2,1-6H3,(H,32,34). The highest BCUT2D eigenvalue weighted by atomic mass is 35.5. The summed E-state index contributed by atoms with van der Waals surface area (Å²) in [6, 6.07) is 9.81. The van der Waals surface area contributed by atoms with Crippen molar-refractivity contribution in [2.24, 2.45) is 5.41 Å². The van der Waals surface area contributed by atoms with Crippen molar-refractivity contribution >= 4 is 29.2 Å². The van der Waals surface area contributed by atoms with Crippen LogP contribution in [0.1, 0.15) is 71.4 Å². The molecule has 1 aromatic heterocycles. The Morgan fingerprint density at radius 1 is 1.19 bits per heavy atom. The molecule has 2 heterocycles. The normalized spacial score (nSPS) is 15.2. The fourth-order valence-electron chi connectivity index (χ4n) is 4.94. The van der Waals surface area contributed by atoms with Crippen LogP contribution in [0.15, 0.2) is 36.5 Å². The topological polar surface area (TPSA) is 80.8 Å². The highest BCUT2D eigenvalue weighted by Gasteiger charge is 2.51. The number of pyridine rings is 1. The van der Waals surface area contributed by atoms with E-state index < -0.39 is 10.8 Å². The third kappa shape index (κ3) is 6.63. The lowest BCUT2D eigenvalue weighted by atomic mass is 9.69. The molecule has 0 saturated carbocycles. The van der Waals surface area contributed by atoms with Gasteiger partial charge in [-0.15, -0.1) is 0 Å². The van der Waals surface area contributed by atoms with E-state index in [0.717, 1.165) is 24.9 Å². The fourth-order valence-corrected chi connectivity index (χ4v) is 5.09. The van der Waals surface area contributed by atoms with Crippen LogP contribution in [0, 0.1) is 5.41 Å². The number of carbonyl (C=O) groups excluding carboxylic acids is 2. The van der Waals surface area contributed by atoms with E-state index in [1.165, 1.54) is 5.56 Å². The highest BCUT2D eigenvalue weighted by Crippen LogP contribution is 2.41. The molecule has 1 aromatic carbocycles. The second kappa shape index (κ2) is 12.3. The van der Waals surface area contributed by atoms with Crippen molar-refractivity contribution < 1.29 is 19.1 Å². The Morgan fingerprint density at radius 2 is 1.89 bits per heavy atom. The first kappa shape index (κ1) is 28.9. The van der Waals surface area contributed by atoms with Crippen molar-refractivity contribution in [3.63, 3.8) is 0 Å². The predicted octanol–water partition coefficient (Wildman–Crippen LogP) is 5.82. The monoisotopic (exact) mass is 529 g/mol. The highest BCUT2D eigenvalue weighted by molar-refractivity contribution is 6.29. The minimum absolute atomic E-state index is 0.0891. The first-order chi connectivity index (χ1) is 17.5. The number of anilines is 1. The van der Waals surface area contributed by atoms with Crippen LogP contribution < -0.4 is 10.1 Å². The third-order valence-corrected chi connectivity index (χ3v) is 7.21. The maximum atomic E-state index is 14.0. The maximum Gasteiger partial charge on any atom is 0.311 e. The summed E-state index contributed by atoms with van der Waals surface area (Å²) in [5.74, 6) is 0.519. The van der Waals surface area contributed by atoms with Gasteiger partial charge in [0.1, 0.15) is 16.6 Å². The number of esters is 1. The molecule has 1 aliphatic heterocycles. The molecule has 202 valence electrons. The lowest BCUT2D eigenvalue weighted by molar-refractivity contribution is -0.153. The van der Waals surface area contributed by atoms with Gasteiger partial charge in [-0.3, -0.25) is 9.59 Å². The summed E-state index contributed by atoms with van der Waals surface area (Å²) < 4.78 is 10.9. The number of ether oxygens (including phenoxy) is 2. The molecule has 0 unspecified atom stereocenters. The number of likely N-dealkylation sites (tertiary alicyclic amines) is 1. The smallest absolute Gasteiger partial charge is 0.311 e. The Labute approximate surface area is 225 Å². The van der Waals surface area contributed by atoms with E-state index in [4.69, 9.17) is 21.1 Å². The number of hydrogen-bond acceptors (Lipinski definition) is 6. The Bertz CT molecular complexity index is 1100. The van der Waals surface area contributed by atoms with E-state index in [1.54, 1.807) is 12.3 Å². The molecule has 1 aliphatic rings. The first-order valence-electron chi connectivity index (χ1n) is 13.1. The largest absolute Gasteiger partial charge is 0.492 e. The average molecular weight is 530 g/mol. The van der Waals surface area contributed by atoms with E-state index in [0.29, 0.717) is 42.9 Å². The van der Waals surface area contributed by atoms with Gasteiger partial charge in [0.15, 0.2) is 0 Å². The van der Waals surface area contributed by atoms with Crippen LogP contribution in [0.4, 0.5) is 5.69 Å². The molecule has 8 heteroatoms. The van der Waals surface area contributed by atoms with Gasteiger partial charge in [-0.2, -0.15) is 0 Å². The minimum atomic E-state index is -0.708. The Morgan fingerprint density at radius 3 is 2.54 bits per heavy atom. The molecule has 1 fully saturated rings. The number of carbonyl (C=O) groups is 2. The number of halogens is 1. The van der Waals surface area contributed by atoms with Gasteiger partial charge in [-0.1, -0.05) is 49.7 Å². The summed E-state index contributed by atoms with van der Waals surface area (Å²) in [5, 5.41) is 3.39. The van der Waals surface area contributed by atoms with Crippen LogP contribution in [-0.4, -0.2) is 54.6 Å². The van der Waals surface area contributed by atoms with Crippen molar-refractivity contribution in [2.75, 3.05) is 38.2 Å². The SMILES string of the molecule is CCOC(=O)C(C)(C)CCCN1CC(C(=O)Nc2cnc(Cl)cc2OCC)(c2ccccc2C(C)C)C1. The van der Waals surface area contributed by atoms with Gasteiger partial charge in [0.05, 0.1) is 30.2 Å². The van der Waals surface area contributed by atoms with Crippen LogP contribution in [0.3, 0.4) is 0 Å². The summed E-state index contributed by atoms with van der Waals surface area (Å²) in [4.78, 5) is 32.6. The number of nitrogens with zero attached hydrogens (tertiary/aromatic N) is 2. The Balaban J connectivity index is 1.81. The molecule has 1 amide bonds. The number of aromatic nitrogens is 1. The second-order valence-corrected chi connectivity index (χ2v) is 11.0. The van der Waals surface area contributed by atoms with Crippen LogP contribution in [0.25, 0.3) is 0 Å². The molecule has 37 heavy (non-hydrogen) atoms. The van der Waals surface area contributed by atoms with E-state index in [9.17, 15) is 9.59 Å². The summed E-state index contributed by atoms with van der Waals surface area (Å²) in [6.07, 6.45) is 3.10. The van der Waals surface area contributed by atoms with Gasteiger partial charge in [0, 0.05) is 19.2 Å². The molecule has 1 N–H and O–H groups in total. The van der Waals surface area contributed by atoms with Crippen LogP contribution in [0.2, 0.25) is 5.15 Å². The van der Waals surface area contributed by atoms with E-state index in [1.807, 2.05) is 39.8 Å². The zero-order valence-corrected chi connectivity index (χ0v) is 23.7. The van der Waals surface area contributed by atoms with Gasteiger partial charge < -0.3 is 19.7 Å². The van der Waals surface area contributed by atoms with Crippen LogP contribution >= 0.6 is 11.6 Å². The summed E-state index contributed by atoms with van der Waals surface area (Å²) in [5.41, 5.74) is 1.48. The molecule has 0 aliphatic carbocycles. The molecule has 2 aromatic rings. The number of hydrogen-bond donors (Lipinski definition) is 1. The number of nitrogens with one attached hydrogen (secondary N) is 1. The van der Waals surface area contributed by atoms with Gasteiger partial charge in [0.2, 0.25) is 5.91 Å². The van der Waals surface area contributed by atoms with Gasteiger partial charge in [0.25, 0.3) is 0 Å². The van der Waals surface area contributed by atoms with E-state index in [2.05, 4.69) is 41.2 Å². The molecule has 0 radical (unpaired) electrons. The van der Waals surface area contributed by atoms with E-state index >= 15 is 0 Å². The van der Waals surface area contributed by atoms with Crippen LogP contribution in [-0.2, 0) is 19.7 Å². The molecule has 0 bridgehead atoms. The van der Waals surface area contributed by atoms with Gasteiger partial charge >= 0.3 is 5.97 Å². The molecule has 3 rings (SSSR count). The van der Waals surface area contributed by atoms with Crippen molar-refractivity contribution in [1.82, 2.24) is 9.88 Å². The molecular weight excluding hydrogens is 490 g/mol. The predicted molar refractivity (Wildman–Crippen MR) is 147 cm³/mol. The quantitative estimate of drug-likeness (QED) is 0.276. The summed E-state index contributed by atoms with van der Waals surface area (Å²) in [6.45, 7) is 14.7. The zero-order valence-electron chi connectivity index (χ0n) is 22.9. The molecule has 1 saturated heterocycles. The fraction of sp³-hybridized carbons (Fsp3) is 0.552. The van der Waals surface area contributed by atoms with Crippen molar-refractivity contribution in [3.8, 4) is 5.75 Å². The van der Waals surface area contributed by atoms with Crippen molar-refractivity contribution in [2.45, 2.75) is 65.7 Å². The third-order valence-electron chi connectivity index (χ3n) is 7.00. The molecule has 7 nitrogen and oxygen atoms in total. The zero-order chi connectivity index (χ0) is 27.2. The first-order valence-corrected chi connectivity index (χ1v) is 13.5. The van der Waals surface area contributed by atoms with Gasteiger partial charge in [-0.05, 0) is 64.1 Å². The number of amides is 1. The molecule has 0 atom stereocenters. The van der Waals surface area contributed by atoms with Crippen molar-refractivity contribution in [3.05, 3.63) is 52.8 Å². The second-order valence-electron chi connectivity index (χ2n) is 10.6. The number of benzene rings is 1. The summed E-state index contributed by atoms with van der Waals surface area (Å²) in [7, 11) is 0.